The van der Waals surface area contributed by atoms with E-state index in [0.29, 0.717) is 0 Å². The van der Waals surface area contributed by atoms with Crippen LogP contribution in [0.5, 0.6) is 0 Å². The lowest BCUT2D eigenvalue weighted by molar-refractivity contribution is 0.673. The molecule has 4 N–H and O–H groups in total. The number of H-pyrrole nitrogens is 1. The van der Waals surface area contributed by atoms with Crippen LogP contribution in [0.1, 0.15) is 0 Å². The molecule has 50 valence electrons. The highest BCUT2D eigenvalue weighted by atomic mass is 32.2. The van der Waals surface area contributed by atoms with Crippen molar-refractivity contribution < 1.29 is 4.21 Å². The maximum absolute atomic E-state index is 10.6. The van der Waals surface area contributed by atoms with Crippen molar-refractivity contribution in [1.29, 1.82) is 4.78 Å². The molecule has 0 fully saturated rings. The molecule has 0 saturated heterocycles. The summed E-state index contributed by atoms with van der Waals surface area (Å²) < 4.78 is 17.4. The molecule has 0 amide bonds. The van der Waals surface area contributed by atoms with E-state index in [1.165, 1.54) is 12.5 Å². The maximum atomic E-state index is 10.6. The SMILES string of the molecule is N=S(N)(=O)c1cnc[nH]1. The van der Waals surface area contributed by atoms with Crippen LogP contribution in [-0.2, 0) is 9.92 Å². The third-order valence-corrected chi connectivity index (χ3v) is 1.68. The maximum Gasteiger partial charge on any atom is 0.149 e. The van der Waals surface area contributed by atoms with E-state index < -0.39 is 9.92 Å². The van der Waals surface area contributed by atoms with Gasteiger partial charge in [0, 0.05) is 0 Å². The van der Waals surface area contributed by atoms with Crippen LogP contribution in [0.25, 0.3) is 0 Å². The molecule has 0 radical (unpaired) electrons. The van der Waals surface area contributed by atoms with Crippen molar-refractivity contribution in [2.75, 3.05) is 0 Å². The Morgan fingerprint density at radius 1 is 1.89 bits per heavy atom. The molecule has 6 heteroatoms. The molecule has 1 rings (SSSR count). The van der Waals surface area contributed by atoms with Gasteiger partial charge in [0.1, 0.15) is 14.9 Å². The Morgan fingerprint density at radius 2 is 2.56 bits per heavy atom. The largest absolute Gasteiger partial charge is 0.336 e. The Balaban J connectivity index is 3.20. The fourth-order valence-electron chi connectivity index (χ4n) is 0.409. The summed E-state index contributed by atoms with van der Waals surface area (Å²) in [6.07, 6.45) is 2.60. The minimum atomic E-state index is -3.08. The van der Waals surface area contributed by atoms with Crippen LogP contribution in [0.2, 0.25) is 0 Å². The van der Waals surface area contributed by atoms with Gasteiger partial charge in [-0.15, -0.1) is 0 Å². The summed E-state index contributed by atoms with van der Waals surface area (Å²) in [6, 6.07) is 0. The Kier molecular flexibility index (Phi) is 1.26. The van der Waals surface area contributed by atoms with Gasteiger partial charge >= 0.3 is 0 Å². The molecule has 0 spiro atoms. The summed E-state index contributed by atoms with van der Waals surface area (Å²) in [4.78, 5) is 6.03. The van der Waals surface area contributed by atoms with E-state index in [4.69, 9.17) is 9.92 Å². The molecule has 0 aliphatic heterocycles. The van der Waals surface area contributed by atoms with Gasteiger partial charge in [-0.1, -0.05) is 0 Å². The monoisotopic (exact) mass is 146 g/mol. The first kappa shape index (κ1) is 6.24. The van der Waals surface area contributed by atoms with Gasteiger partial charge in [0.05, 0.1) is 12.5 Å². The smallest absolute Gasteiger partial charge is 0.149 e. The Bertz CT molecular complexity index is 273. The predicted molar refractivity (Wildman–Crippen MR) is 31.9 cm³/mol. The molecule has 5 nitrogen and oxygen atoms in total. The fourth-order valence-corrected chi connectivity index (χ4v) is 0.854. The second kappa shape index (κ2) is 1.82. The Labute approximate surface area is 52.4 Å². The second-order valence-corrected chi connectivity index (χ2v) is 3.16. The highest BCUT2D eigenvalue weighted by molar-refractivity contribution is 7.90. The number of nitrogens with zero attached hydrogens (tertiary/aromatic N) is 1. The summed E-state index contributed by atoms with van der Waals surface area (Å²) in [6.45, 7) is 0. The zero-order valence-electron chi connectivity index (χ0n) is 4.50. The third-order valence-electron chi connectivity index (χ3n) is 0.800. The van der Waals surface area contributed by atoms with Crippen LogP contribution < -0.4 is 5.14 Å². The molecule has 1 unspecified atom stereocenters. The second-order valence-electron chi connectivity index (χ2n) is 1.52. The minimum absolute atomic E-state index is 0.155. The lowest BCUT2D eigenvalue weighted by Gasteiger charge is -1.91. The van der Waals surface area contributed by atoms with Crippen molar-refractivity contribution in [1.82, 2.24) is 9.97 Å². The lowest BCUT2D eigenvalue weighted by atomic mass is 11.0. The summed E-state index contributed by atoms with van der Waals surface area (Å²) in [5, 5.41) is 5.08. The summed E-state index contributed by atoms with van der Waals surface area (Å²) in [7, 11) is -3.08. The van der Waals surface area contributed by atoms with Gasteiger partial charge < -0.3 is 4.98 Å². The highest BCUT2D eigenvalue weighted by Gasteiger charge is 2.01. The van der Waals surface area contributed by atoms with Crippen LogP contribution in [0.4, 0.5) is 0 Å². The molecule has 1 aromatic heterocycles. The Morgan fingerprint density at radius 3 is 2.78 bits per heavy atom. The molecule has 1 atom stereocenters. The summed E-state index contributed by atoms with van der Waals surface area (Å²) in [5.41, 5.74) is 0. The number of nitrogens with one attached hydrogen (secondary N) is 2. The van der Waals surface area contributed by atoms with Crippen LogP contribution in [0.15, 0.2) is 17.6 Å². The third kappa shape index (κ3) is 1.27. The van der Waals surface area contributed by atoms with Crippen molar-refractivity contribution in [3.8, 4) is 0 Å². The normalized spacial score (nSPS) is 17.0. The van der Waals surface area contributed by atoms with Crippen molar-refractivity contribution in [2.24, 2.45) is 5.14 Å². The van der Waals surface area contributed by atoms with E-state index in [0.717, 1.165) is 0 Å². The highest BCUT2D eigenvalue weighted by Crippen LogP contribution is 1.97. The van der Waals surface area contributed by atoms with Gasteiger partial charge in [-0.3, -0.25) is 0 Å². The van der Waals surface area contributed by atoms with Gasteiger partial charge in [-0.25, -0.2) is 19.1 Å². The van der Waals surface area contributed by atoms with Gasteiger partial charge in [-0.05, 0) is 0 Å². The average Bonchev–Trinajstić information content (AvgIpc) is 2.08. The van der Waals surface area contributed by atoms with Crippen molar-refractivity contribution in [3.63, 3.8) is 0 Å². The number of aromatic nitrogens is 2. The molecule has 1 heterocycles. The minimum Gasteiger partial charge on any atom is -0.336 e. The van der Waals surface area contributed by atoms with Crippen molar-refractivity contribution >= 4 is 9.92 Å². The average molecular weight is 146 g/mol. The number of aromatic amines is 1. The number of nitrogens with two attached hydrogens (primary N) is 1. The first-order valence-corrected chi connectivity index (χ1v) is 3.78. The number of imidazole rings is 1. The molecule has 0 saturated carbocycles. The molecule has 9 heavy (non-hydrogen) atoms. The molecule has 0 aromatic carbocycles. The zero-order chi connectivity index (χ0) is 6.91. The number of hydrogen-bond donors (Lipinski definition) is 3. The van der Waals surface area contributed by atoms with Crippen LogP contribution in [0, 0.1) is 4.78 Å². The fraction of sp³-hybridized carbons (Fsp3) is 0. The number of rotatable bonds is 1. The molecule has 0 aliphatic rings. The van der Waals surface area contributed by atoms with Gasteiger partial charge in [-0.2, -0.15) is 0 Å². The zero-order valence-corrected chi connectivity index (χ0v) is 5.31. The van der Waals surface area contributed by atoms with E-state index >= 15 is 0 Å². The van der Waals surface area contributed by atoms with E-state index in [2.05, 4.69) is 9.97 Å². The van der Waals surface area contributed by atoms with Crippen molar-refractivity contribution in [2.45, 2.75) is 5.03 Å². The lowest BCUT2D eigenvalue weighted by Crippen LogP contribution is -2.10. The van der Waals surface area contributed by atoms with E-state index in [1.807, 2.05) is 0 Å². The summed E-state index contributed by atoms with van der Waals surface area (Å²) in [5.74, 6) is 0. The number of hydrogen-bond acceptors (Lipinski definition) is 3. The topological polar surface area (TPSA) is 95.6 Å². The molecular weight excluding hydrogens is 140 g/mol. The molecule has 0 bridgehead atoms. The van der Waals surface area contributed by atoms with Gasteiger partial charge in [0.2, 0.25) is 0 Å². The predicted octanol–water partition coefficient (Wildman–Crippen LogP) is -0.311. The Hall–Kier alpha value is -0.880. The molecule has 0 aliphatic carbocycles. The van der Waals surface area contributed by atoms with Crippen molar-refractivity contribution in [3.05, 3.63) is 12.5 Å². The summed E-state index contributed by atoms with van der Waals surface area (Å²) >= 11 is 0. The van der Waals surface area contributed by atoms with E-state index in [1.54, 1.807) is 0 Å². The van der Waals surface area contributed by atoms with Crippen LogP contribution in [-0.4, -0.2) is 14.2 Å². The van der Waals surface area contributed by atoms with Crippen LogP contribution in [0.3, 0.4) is 0 Å². The first-order chi connectivity index (χ1) is 4.11. The molecular formula is C3H6N4OS. The first-order valence-electron chi connectivity index (χ1n) is 2.15. The van der Waals surface area contributed by atoms with E-state index in [9.17, 15) is 4.21 Å². The van der Waals surface area contributed by atoms with Gasteiger partial charge in [0.15, 0.2) is 0 Å². The molecule has 1 aromatic rings. The van der Waals surface area contributed by atoms with Gasteiger partial charge in [0.25, 0.3) is 0 Å². The van der Waals surface area contributed by atoms with E-state index in [-0.39, 0.29) is 5.03 Å². The quantitative estimate of drug-likeness (QED) is 0.506. The van der Waals surface area contributed by atoms with Crippen LogP contribution >= 0.6 is 0 Å². The standard InChI is InChI=1S/C3H6N4OS/c4-9(5,8)3-1-6-2-7-3/h1-2H,(H,6,7)(H3,4,5,8).